The van der Waals surface area contributed by atoms with Crippen molar-refractivity contribution in [2.24, 2.45) is 5.92 Å². The molecule has 138 valence electrons. The van der Waals surface area contributed by atoms with Crippen LogP contribution in [0.15, 0.2) is 23.0 Å². The molecule has 3 rings (SSSR count). The van der Waals surface area contributed by atoms with Crippen molar-refractivity contribution in [1.82, 2.24) is 14.9 Å². The molecule has 0 fully saturated rings. The van der Waals surface area contributed by atoms with E-state index in [1.54, 1.807) is 16.7 Å². The molecule has 0 saturated heterocycles. The number of hydrogen-bond donors (Lipinski definition) is 1. The number of nitrogens with zero attached hydrogens (tertiary/aromatic N) is 2. The lowest BCUT2D eigenvalue weighted by atomic mass is 10.1. The number of rotatable bonds is 5. The summed E-state index contributed by atoms with van der Waals surface area (Å²) in [5, 5.41) is 3.21. The zero-order valence-corrected chi connectivity index (χ0v) is 15.2. The van der Waals surface area contributed by atoms with Crippen LogP contribution < -0.4 is 10.9 Å². The fourth-order valence-electron chi connectivity index (χ4n) is 2.94. The molecule has 7 heteroatoms. The van der Waals surface area contributed by atoms with Crippen LogP contribution in [-0.2, 0) is 22.5 Å². The van der Waals surface area contributed by atoms with Crippen molar-refractivity contribution >= 4 is 22.8 Å². The average molecular weight is 357 g/mol. The fraction of sp³-hybridized carbons (Fsp3) is 0.474. The molecule has 0 radical (unpaired) electrons. The standard InChI is InChI=1S/C19H23N3O4/c1-11(2)10-20-17(23)12(3)26-19(25)13-6-7-14-15(9-13)21-16-5-4-8-22(16)18(14)24/h6-7,9,11-12H,4-5,8,10H2,1-3H3,(H,20,23)/t12-/m0/s1. The first-order valence-electron chi connectivity index (χ1n) is 8.89. The Morgan fingerprint density at radius 2 is 2.08 bits per heavy atom. The Balaban J connectivity index is 1.78. The largest absolute Gasteiger partial charge is 0.449 e. The van der Waals surface area contributed by atoms with E-state index in [4.69, 9.17) is 4.74 Å². The third-order valence-corrected chi connectivity index (χ3v) is 4.39. The van der Waals surface area contributed by atoms with Crippen LogP contribution in [0.2, 0.25) is 0 Å². The van der Waals surface area contributed by atoms with E-state index in [-0.39, 0.29) is 17.0 Å². The molecule has 0 unspecified atom stereocenters. The van der Waals surface area contributed by atoms with Gasteiger partial charge in [-0.15, -0.1) is 0 Å². The summed E-state index contributed by atoms with van der Waals surface area (Å²) in [5.41, 5.74) is 0.675. The van der Waals surface area contributed by atoms with Gasteiger partial charge < -0.3 is 10.1 Å². The Labute approximate surface area is 151 Å². The number of fused-ring (bicyclic) bond motifs is 2. The minimum atomic E-state index is -0.893. The van der Waals surface area contributed by atoms with Crippen molar-refractivity contribution in [3.63, 3.8) is 0 Å². The minimum Gasteiger partial charge on any atom is -0.449 e. The van der Waals surface area contributed by atoms with Gasteiger partial charge in [-0.2, -0.15) is 0 Å². The van der Waals surface area contributed by atoms with Crippen LogP contribution in [0.5, 0.6) is 0 Å². The normalized spacial score (nSPS) is 14.3. The third-order valence-electron chi connectivity index (χ3n) is 4.39. The first kappa shape index (κ1) is 18.1. The lowest BCUT2D eigenvalue weighted by Crippen LogP contribution is -2.37. The molecule has 2 aromatic rings. The van der Waals surface area contributed by atoms with Gasteiger partial charge in [-0.3, -0.25) is 14.2 Å². The molecule has 0 saturated carbocycles. The van der Waals surface area contributed by atoms with E-state index in [1.807, 2.05) is 13.8 Å². The summed E-state index contributed by atoms with van der Waals surface area (Å²) >= 11 is 0. The number of amides is 1. The van der Waals surface area contributed by atoms with E-state index in [2.05, 4.69) is 10.3 Å². The van der Waals surface area contributed by atoms with Crippen LogP contribution in [0.3, 0.4) is 0 Å². The second-order valence-corrected chi connectivity index (χ2v) is 7.01. The lowest BCUT2D eigenvalue weighted by molar-refractivity contribution is -0.129. The van der Waals surface area contributed by atoms with E-state index >= 15 is 0 Å². The van der Waals surface area contributed by atoms with Crippen molar-refractivity contribution in [3.8, 4) is 0 Å². The molecule has 2 heterocycles. The van der Waals surface area contributed by atoms with Gasteiger partial charge in [0.2, 0.25) is 0 Å². The van der Waals surface area contributed by atoms with Gasteiger partial charge in [0.15, 0.2) is 6.10 Å². The van der Waals surface area contributed by atoms with Crippen molar-refractivity contribution in [2.45, 2.75) is 46.3 Å². The van der Waals surface area contributed by atoms with Crippen LogP contribution in [0.25, 0.3) is 10.9 Å². The van der Waals surface area contributed by atoms with Crippen LogP contribution in [0.4, 0.5) is 0 Å². The van der Waals surface area contributed by atoms with Crippen LogP contribution in [-0.4, -0.2) is 34.1 Å². The smallest absolute Gasteiger partial charge is 0.338 e. The lowest BCUT2D eigenvalue weighted by Gasteiger charge is -2.14. The second kappa shape index (κ2) is 7.27. The maximum atomic E-state index is 12.4. The Morgan fingerprint density at radius 3 is 2.81 bits per heavy atom. The summed E-state index contributed by atoms with van der Waals surface area (Å²) < 4.78 is 6.92. The topological polar surface area (TPSA) is 90.3 Å². The molecule has 1 aromatic carbocycles. The fourth-order valence-corrected chi connectivity index (χ4v) is 2.94. The van der Waals surface area contributed by atoms with Crippen molar-refractivity contribution < 1.29 is 14.3 Å². The Bertz CT molecular complexity index is 917. The number of esters is 1. The van der Waals surface area contributed by atoms with Gasteiger partial charge in [-0.1, -0.05) is 13.8 Å². The molecule has 0 aliphatic carbocycles. The van der Waals surface area contributed by atoms with Gasteiger partial charge in [0, 0.05) is 19.5 Å². The Morgan fingerprint density at radius 1 is 1.31 bits per heavy atom. The van der Waals surface area contributed by atoms with E-state index in [0.29, 0.717) is 29.9 Å². The average Bonchev–Trinajstić information content (AvgIpc) is 3.07. The highest BCUT2D eigenvalue weighted by atomic mass is 16.5. The van der Waals surface area contributed by atoms with Crippen molar-refractivity contribution in [3.05, 3.63) is 39.9 Å². The minimum absolute atomic E-state index is 0.0798. The number of ether oxygens (including phenoxy) is 1. The highest BCUT2D eigenvalue weighted by Gasteiger charge is 2.21. The second-order valence-electron chi connectivity index (χ2n) is 7.01. The molecular weight excluding hydrogens is 334 g/mol. The number of aromatic nitrogens is 2. The van der Waals surface area contributed by atoms with Crippen LogP contribution >= 0.6 is 0 Å². The zero-order valence-electron chi connectivity index (χ0n) is 15.2. The molecule has 1 atom stereocenters. The van der Waals surface area contributed by atoms with Gasteiger partial charge >= 0.3 is 5.97 Å². The molecule has 0 spiro atoms. The maximum absolute atomic E-state index is 12.4. The van der Waals surface area contributed by atoms with Gasteiger partial charge in [-0.25, -0.2) is 9.78 Å². The molecule has 1 N–H and O–H groups in total. The summed E-state index contributed by atoms with van der Waals surface area (Å²) in [6.07, 6.45) is 0.763. The number of hydrogen-bond acceptors (Lipinski definition) is 5. The number of carbonyl (C=O) groups excluding carboxylic acids is 2. The number of aryl methyl sites for hydroxylation is 1. The van der Waals surface area contributed by atoms with E-state index in [9.17, 15) is 14.4 Å². The quantitative estimate of drug-likeness (QED) is 0.822. The molecule has 1 aliphatic rings. The van der Waals surface area contributed by atoms with Gasteiger partial charge in [0.25, 0.3) is 11.5 Å². The third kappa shape index (κ3) is 3.61. The molecule has 1 aromatic heterocycles. The summed E-state index contributed by atoms with van der Waals surface area (Å²) in [7, 11) is 0. The molecule has 26 heavy (non-hydrogen) atoms. The number of benzene rings is 1. The Kier molecular flexibility index (Phi) is 5.06. The summed E-state index contributed by atoms with van der Waals surface area (Å²) in [6.45, 7) is 6.71. The highest BCUT2D eigenvalue weighted by molar-refractivity contribution is 5.95. The molecule has 1 amide bonds. The van der Waals surface area contributed by atoms with Crippen LogP contribution in [0.1, 0.15) is 43.4 Å². The highest BCUT2D eigenvalue weighted by Crippen LogP contribution is 2.17. The predicted molar refractivity (Wildman–Crippen MR) is 97.0 cm³/mol. The predicted octanol–water partition coefficient (Wildman–Crippen LogP) is 1.66. The maximum Gasteiger partial charge on any atom is 0.338 e. The van der Waals surface area contributed by atoms with E-state index < -0.39 is 12.1 Å². The van der Waals surface area contributed by atoms with Crippen LogP contribution in [0, 0.1) is 5.92 Å². The SMILES string of the molecule is CC(C)CNC(=O)[C@H](C)OC(=O)c1ccc2c(=O)n3c(nc2c1)CCC3. The Hall–Kier alpha value is -2.70. The zero-order chi connectivity index (χ0) is 18.8. The molecular formula is C19H23N3O4. The van der Waals surface area contributed by atoms with E-state index in [1.165, 1.54) is 13.0 Å². The van der Waals surface area contributed by atoms with Gasteiger partial charge in [-0.05, 0) is 37.5 Å². The first-order valence-corrected chi connectivity index (χ1v) is 8.89. The van der Waals surface area contributed by atoms with Gasteiger partial charge in [0.05, 0.1) is 16.5 Å². The van der Waals surface area contributed by atoms with Crippen molar-refractivity contribution in [1.29, 1.82) is 0 Å². The van der Waals surface area contributed by atoms with Gasteiger partial charge in [0.1, 0.15) is 5.82 Å². The number of nitrogens with one attached hydrogen (secondary N) is 1. The van der Waals surface area contributed by atoms with Crippen molar-refractivity contribution in [2.75, 3.05) is 6.54 Å². The first-order chi connectivity index (χ1) is 12.4. The summed E-state index contributed by atoms with van der Waals surface area (Å²) in [6, 6.07) is 4.68. The molecule has 0 bridgehead atoms. The molecule has 7 nitrogen and oxygen atoms in total. The summed E-state index contributed by atoms with van der Waals surface area (Å²) in [4.78, 5) is 41.2. The number of carbonyl (C=O) groups is 2. The van der Waals surface area contributed by atoms with E-state index in [0.717, 1.165) is 18.7 Å². The monoisotopic (exact) mass is 357 g/mol. The summed E-state index contributed by atoms with van der Waals surface area (Å²) in [5.74, 6) is 0.118. The molecule has 1 aliphatic heterocycles.